The maximum absolute atomic E-state index is 13.5. The number of halogens is 3. The molecule has 9 heteroatoms. The summed E-state index contributed by atoms with van der Waals surface area (Å²) in [5, 5.41) is 15.8. The van der Waals surface area contributed by atoms with Crippen LogP contribution >= 0.6 is 0 Å². The number of hydrogen-bond acceptors (Lipinski definition) is 5. The molecule has 0 saturated heterocycles. The zero-order valence-electron chi connectivity index (χ0n) is 10.7. The molecule has 1 aromatic carbocycles. The van der Waals surface area contributed by atoms with E-state index in [1.54, 1.807) is 0 Å². The average Bonchev–Trinajstić information content (AvgIpc) is 2.44. The van der Waals surface area contributed by atoms with Gasteiger partial charge in [-0.1, -0.05) is 0 Å². The number of nitrogens with one attached hydrogen (secondary N) is 2. The molecule has 0 aliphatic heterocycles. The predicted octanol–water partition coefficient (Wildman–Crippen LogP) is 3.19. The molecule has 0 radical (unpaired) electrons. The van der Waals surface area contributed by atoms with Gasteiger partial charge in [0.1, 0.15) is 11.6 Å². The summed E-state index contributed by atoms with van der Waals surface area (Å²) in [5.41, 5.74) is -0.893. The first-order chi connectivity index (χ1) is 9.92. The van der Waals surface area contributed by atoms with E-state index < -0.39 is 33.7 Å². The van der Waals surface area contributed by atoms with E-state index in [4.69, 9.17) is 0 Å². The maximum atomic E-state index is 13.5. The number of aromatic nitrogens is 1. The fraction of sp³-hybridized carbons (Fsp3) is 0.0833. The third-order valence-electron chi connectivity index (χ3n) is 2.59. The normalized spacial score (nSPS) is 10.3. The lowest BCUT2D eigenvalue weighted by Gasteiger charge is -2.09. The van der Waals surface area contributed by atoms with E-state index in [0.29, 0.717) is 12.1 Å². The molecule has 21 heavy (non-hydrogen) atoms. The van der Waals surface area contributed by atoms with E-state index in [-0.39, 0.29) is 11.6 Å². The molecule has 0 aliphatic carbocycles. The van der Waals surface area contributed by atoms with Gasteiger partial charge in [-0.2, -0.15) is 0 Å². The fourth-order valence-electron chi connectivity index (χ4n) is 1.58. The van der Waals surface area contributed by atoms with Crippen molar-refractivity contribution in [3.63, 3.8) is 0 Å². The highest BCUT2D eigenvalue weighted by molar-refractivity contribution is 5.68. The van der Waals surface area contributed by atoms with Gasteiger partial charge >= 0.3 is 5.69 Å². The second-order valence-electron chi connectivity index (χ2n) is 3.94. The number of nitro groups is 1. The van der Waals surface area contributed by atoms with Gasteiger partial charge in [-0.15, -0.1) is 0 Å². The molecule has 2 rings (SSSR count). The summed E-state index contributed by atoms with van der Waals surface area (Å²) >= 11 is 0. The minimum absolute atomic E-state index is 0.283. The Morgan fingerprint density at radius 1 is 1.14 bits per heavy atom. The first kappa shape index (κ1) is 14.6. The fourth-order valence-corrected chi connectivity index (χ4v) is 1.58. The molecular formula is C12H9F3N4O2. The van der Waals surface area contributed by atoms with Crippen LogP contribution in [0.5, 0.6) is 0 Å². The largest absolute Gasteiger partial charge is 0.373 e. The van der Waals surface area contributed by atoms with Crippen molar-refractivity contribution in [1.29, 1.82) is 0 Å². The van der Waals surface area contributed by atoms with Crippen LogP contribution in [0, 0.1) is 27.6 Å². The van der Waals surface area contributed by atoms with Crippen LogP contribution in [0.1, 0.15) is 0 Å². The van der Waals surface area contributed by atoms with E-state index in [9.17, 15) is 23.3 Å². The van der Waals surface area contributed by atoms with Crippen LogP contribution < -0.4 is 10.6 Å². The Kier molecular flexibility index (Phi) is 3.92. The first-order valence-corrected chi connectivity index (χ1v) is 5.67. The topological polar surface area (TPSA) is 80.1 Å². The lowest BCUT2D eigenvalue weighted by molar-refractivity contribution is -0.384. The van der Waals surface area contributed by atoms with Crippen LogP contribution in [0.15, 0.2) is 24.3 Å². The second kappa shape index (κ2) is 5.65. The van der Waals surface area contributed by atoms with Crippen LogP contribution in [0.4, 0.5) is 36.2 Å². The third-order valence-corrected chi connectivity index (χ3v) is 2.59. The molecule has 0 fully saturated rings. The van der Waals surface area contributed by atoms with Gasteiger partial charge in [0.25, 0.3) is 0 Å². The summed E-state index contributed by atoms with van der Waals surface area (Å²) in [7, 11) is 1.54. The molecule has 1 aromatic heterocycles. The van der Waals surface area contributed by atoms with Gasteiger partial charge in [0.15, 0.2) is 11.6 Å². The molecule has 0 unspecified atom stereocenters. The highest BCUT2D eigenvalue weighted by Gasteiger charge is 2.18. The lowest BCUT2D eigenvalue weighted by atomic mass is 10.2. The van der Waals surface area contributed by atoms with Gasteiger partial charge in [0.05, 0.1) is 10.6 Å². The van der Waals surface area contributed by atoms with Crippen molar-refractivity contribution in [1.82, 2.24) is 4.98 Å². The Balaban J connectivity index is 2.47. The van der Waals surface area contributed by atoms with Gasteiger partial charge < -0.3 is 10.6 Å². The molecule has 0 aliphatic rings. The highest BCUT2D eigenvalue weighted by atomic mass is 19.2. The van der Waals surface area contributed by atoms with Gasteiger partial charge in [0.2, 0.25) is 5.82 Å². The summed E-state index contributed by atoms with van der Waals surface area (Å²) in [5.74, 6) is -3.75. The van der Waals surface area contributed by atoms with E-state index in [0.717, 1.165) is 6.07 Å². The lowest BCUT2D eigenvalue weighted by Crippen LogP contribution is -2.04. The summed E-state index contributed by atoms with van der Waals surface area (Å²) in [6, 6.07) is 3.40. The summed E-state index contributed by atoms with van der Waals surface area (Å²) < 4.78 is 39.5. The number of hydrogen-bond donors (Lipinski definition) is 2. The Bertz CT molecular complexity index is 709. The molecule has 0 bridgehead atoms. The van der Waals surface area contributed by atoms with Crippen LogP contribution in [0.3, 0.4) is 0 Å². The molecule has 2 N–H and O–H groups in total. The summed E-state index contributed by atoms with van der Waals surface area (Å²) in [6.07, 6.45) is 0. The molecule has 0 saturated carbocycles. The van der Waals surface area contributed by atoms with E-state index in [1.165, 1.54) is 13.1 Å². The average molecular weight is 298 g/mol. The van der Waals surface area contributed by atoms with Crippen molar-refractivity contribution in [2.24, 2.45) is 0 Å². The minimum Gasteiger partial charge on any atom is -0.373 e. The van der Waals surface area contributed by atoms with Crippen molar-refractivity contribution < 1.29 is 18.1 Å². The molecule has 0 amide bonds. The molecule has 2 aromatic rings. The van der Waals surface area contributed by atoms with Crippen LogP contribution in [0.2, 0.25) is 0 Å². The first-order valence-electron chi connectivity index (χ1n) is 5.67. The number of anilines is 3. The van der Waals surface area contributed by atoms with Gasteiger partial charge in [-0.3, -0.25) is 10.1 Å². The standard InChI is InChI=1S/C12H9F3N4O2/c1-16-11-3-2-10(19(20)21)12(18-11)17-9-5-7(14)6(13)4-8(9)15/h2-5H,1H3,(H2,16,17,18). The quantitative estimate of drug-likeness (QED) is 0.515. The molecular weight excluding hydrogens is 289 g/mol. The molecule has 0 spiro atoms. The van der Waals surface area contributed by atoms with Crippen molar-refractivity contribution in [2.45, 2.75) is 0 Å². The van der Waals surface area contributed by atoms with Crippen molar-refractivity contribution in [3.8, 4) is 0 Å². The smallest absolute Gasteiger partial charge is 0.311 e. The van der Waals surface area contributed by atoms with Crippen molar-refractivity contribution in [2.75, 3.05) is 17.7 Å². The zero-order valence-corrected chi connectivity index (χ0v) is 10.7. The second-order valence-corrected chi connectivity index (χ2v) is 3.94. The van der Waals surface area contributed by atoms with Crippen LogP contribution in [-0.4, -0.2) is 17.0 Å². The van der Waals surface area contributed by atoms with Gasteiger partial charge in [0, 0.05) is 25.2 Å². The van der Waals surface area contributed by atoms with Gasteiger partial charge in [-0.05, 0) is 6.07 Å². The third kappa shape index (κ3) is 3.02. The van der Waals surface area contributed by atoms with Gasteiger partial charge in [-0.25, -0.2) is 18.2 Å². The van der Waals surface area contributed by atoms with Crippen molar-refractivity contribution in [3.05, 3.63) is 51.8 Å². The highest BCUT2D eigenvalue weighted by Crippen LogP contribution is 2.29. The SMILES string of the molecule is CNc1ccc([N+](=O)[O-])c(Nc2cc(F)c(F)cc2F)n1. The molecule has 110 valence electrons. The van der Waals surface area contributed by atoms with Crippen LogP contribution in [-0.2, 0) is 0 Å². The predicted molar refractivity (Wildman–Crippen MR) is 70.0 cm³/mol. The molecule has 0 atom stereocenters. The van der Waals surface area contributed by atoms with E-state index >= 15 is 0 Å². The maximum Gasteiger partial charge on any atom is 0.311 e. The number of pyridine rings is 1. The Labute approximate surface area is 116 Å². The van der Waals surface area contributed by atoms with Crippen LogP contribution in [0.25, 0.3) is 0 Å². The number of rotatable bonds is 4. The summed E-state index contributed by atoms with van der Waals surface area (Å²) in [4.78, 5) is 14.0. The van der Waals surface area contributed by atoms with E-state index in [2.05, 4.69) is 15.6 Å². The monoisotopic (exact) mass is 298 g/mol. The van der Waals surface area contributed by atoms with E-state index in [1.807, 2.05) is 0 Å². The Morgan fingerprint density at radius 3 is 2.43 bits per heavy atom. The molecule has 6 nitrogen and oxygen atoms in total. The summed E-state index contributed by atoms with van der Waals surface area (Å²) in [6.45, 7) is 0. The molecule has 1 heterocycles. The van der Waals surface area contributed by atoms with Crippen molar-refractivity contribution >= 4 is 23.0 Å². The minimum atomic E-state index is -1.36. The Morgan fingerprint density at radius 2 is 1.81 bits per heavy atom. The number of benzene rings is 1. The zero-order chi connectivity index (χ0) is 15.6. The number of nitrogens with zero attached hydrogens (tertiary/aromatic N) is 2. The Hall–Kier alpha value is -2.84.